The molecule has 20 heavy (non-hydrogen) atoms. The highest BCUT2D eigenvalue weighted by atomic mass is 16.4. The number of aliphatic carboxylic acids is 1. The van der Waals surface area contributed by atoms with Gasteiger partial charge in [-0.15, -0.1) is 0 Å². The first-order chi connectivity index (χ1) is 9.41. The van der Waals surface area contributed by atoms with E-state index in [4.69, 9.17) is 10.8 Å². The van der Waals surface area contributed by atoms with Crippen LogP contribution in [0.4, 0.5) is 4.79 Å². The van der Waals surface area contributed by atoms with E-state index in [0.29, 0.717) is 13.0 Å². The third-order valence-electron chi connectivity index (χ3n) is 3.89. The number of hydrogen-bond acceptors (Lipinski definition) is 4. The molecule has 2 unspecified atom stereocenters. The molecule has 2 fully saturated rings. The lowest BCUT2D eigenvalue weighted by molar-refractivity contribution is -0.141. The van der Waals surface area contributed by atoms with Crippen LogP contribution in [0.1, 0.15) is 25.7 Å². The number of aliphatic hydroxyl groups is 1. The van der Waals surface area contributed by atoms with Gasteiger partial charge >= 0.3 is 12.0 Å². The standard InChI is InChI=1S/C12H19N3O5/c13-10(17)8-3-1-2-4-14(8)12(20)15-6-7(16)5-9(15)11(18)19/h7-9,16H,1-6H2,(H2,13,17)(H,18,19)/t7?,8?,9-/m0/s1. The summed E-state index contributed by atoms with van der Waals surface area (Å²) in [5.41, 5.74) is 5.30. The largest absolute Gasteiger partial charge is 0.480 e. The monoisotopic (exact) mass is 285 g/mol. The Balaban J connectivity index is 2.16. The van der Waals surface area contributed by atoms with Crippen molar-refractivity contribution in [2.45, 2.75) is 43.9 Å². The average Bonchev–Trinajstić information content (AvgIpc) is 2.80. The number of carboxylic acids is 1. The predicted octanol–water partition coefficient (Wildman–Crippen LogP) is -1.03. The van der Waals surface area contributed by atoms with Crippen LogP contribution in [0.15, 0.2) is 0 Å². The number of carboxylic acid groups (broad SMARTS) is 1. The Kier molecular flexibility index (Phi) is 4.12. The molecule has 2 rings (SSSR count). The molecule has 0 spiro atoms. The maximum Gasteiger partial charge on any atom is 0.326 e. The number of nitrogens with two attached hydrogens (primary N) is 1. The Morgan fingerprint density at radius 3 is 2.40 bits per heavy atom. The van der Waals surface area contributed by atoms with Crippen LogP contribution in [0.3, 0.4) is 0 Å². The van der Waals surface area contributed by atoms with Gasteiger partial charge in [-0.2, -0.15) is 0 Å². The lowest BCUT2D eigenvalue weighted by Gasteiger charge is -2.37. The summed E-state index contributed by atoms with van der Waals surface area (Å²) >= 11 is 0. The van der Waals surface area contributed by atoms with E-state index in [1.165, 1.54) is 4.90 Å². The first kappa shape index (κ1) is 14.6. The van der Waals surface area contributed by atoms with Crippen molar-refractivity contribution in [3.63, 3.8) is 0 Å². The number of nitrogens with zero attached hydrogens (tertiary/aromatic N) is 2. The fraction of sp³-hybridized carbons (Fsp3) is 0.750. The van der Waals surface area contributed by atoms with E-state index in [2.05, 4.69) is 0 Å². The number of carbonyl (C=O) groups excluding carboxylic acids is 2. The highest BCUT2D eigenvalue weighted by molar-refractivity contribution is 5.88. The normalized spacial score (nSPS) is 30.4. The number of primary amides is 1. The van der Waals surface area contributed by atoms with E-state index < -0.39 is 36.1 Å². The van der Waals surface area contributed by atoms with Gasteiger partial charge < -0.3 is 25.7 Å². The second kappa shape index (κ2) is 5.66. The van der Waals surface area contributed by atoms with E-state index in [1.54, 1.807) is 0 Å². The van der Waals surface area contributed by atoms with E-state index in [0.717, 1.165) is 17.7 Å². The zero-order chi connectivity index (χ0) is 14.9. The number of hydrogen-bond donors (Lipinski definition) is 3. The molecule has 0 aliphatic carbocycles. The van der Waals surface area contributed by atoms with Crippen LogP contribution in [0.2, 0.25) is 0 Å². The molecule has 2 aliphatic heterocycles. The highest BCUT2D eigenvalue weighted by Crippen LogP contribution is 2.24. The Labute approximate surface area is 116 Å². The van der Waals surface area contributed by atoms with Gasteiger partial charge in [0.2, 0.25) is 5.91 Å². The van der Waals surface area contributed by atoms with Crippen molar-refractivity contribution in [1.29, 1.82) is 0 Å². The first-order valence-electron chi connectivity index (χ1n) is 6.69. The molecule has 0 aromatic heterocycles. The fourth-order valence-electron chi connectivity index (χ4n) is 2.88. The third-order valence-corrected chi connectivity index (χ3v) is 3.89. The topological polar surface area (TPSA) is 124 Å². The summed E-state index contributed by atoms with van der Waals surface area (Å²) in [6.07, 6.45) is 1.22. The van der Waals surface area contributed by atoms with Crippen LogP contribution < -0.4 is 5.73 Å². The van der Waals surface area contributed by atoms with Crippen molar-refractivity contribution in [2.75, 3.05) is 13.1 Å². The lowest BCUT2D eigenvalue weighted by Crippen LogP contribution is -2.56. The van der Waals surface area contributed by atoms with Gasteiger partial charge in [-0.05, 0) is 19.3 Å². The molecule has 0 saturated carbocycles. The SMILES string of the molecule is NC(=O)C1CCCCN1C(=O)N1CC(O)C[C@H]1C(=O)O. The van der Waals surface area contributed by atoms with Gasteiger partial charge in [0.1, 0.15) is 12.1 Å². The van der Waals surface area contributed by atoms with E-state index in [-0.39, 0.29) is 13.0 Å². The Morgan fingerprint density at radius 2 is 1.80 bits per heavy atom. The lowest BCUT2D eigenvalue weighted by atomic mass is 10.0. The number of carbonyl (C=O) groups is 3. The molecule has 0 bridgehead atoms. The second-order valence-corrected chi connectivity index (χ2v) is 5.29. The van der Waals surface area contributed by atoms with Gasteiger partial charge in [-0.3, -0.25) is 4.79 Å². The summed E-state index contributed by atoms with van der Waals surface area (Å²) in [7, 11) is 0. The van der Waals surface area contributed by atoms with Gasteiger partial charge in [-0.1, -0.05) is 0 Å². The zero-order valence-electron chi connectivity index (χ0n) is 11.1. The van der Waals surface area contributed by atoms with Crippen molar-refractivity contribution in [3.8, 4) is 0 Å². The molecule has 0 aromatic carbocycles. The highest BCUT2D eigenvalue weighted by Gasteiger charge is 2.43. The minimum Gasteiger partial charge on any atom is -0.480 e. The van der Waals surface area contributed by atoms with Crippen LogP contribution in [0, 0.1) is 0 Å². The molecule has 0 radical (unpaired) electrons. The second-order valence-electron chi connectivity index (χ2n) is 5.29. The molecule has 3 atom stereocenters. The number of urea groups is 1. The van der Waals surface area contributed by atoms with Crippen molar-refractivity contribution in [1.82, 2.24) is 9.80 Å². The minimum absolute atomic E-state index is 0.0101. The van der Waals surface area contributed by atoms with E-state index >= 15 is 0 Å². The number of piperidine rings is 1. The molecule has 112 valence electrons. The smallest absolute Gasteiger partial charge is 0.326 e. The number of likely N-dealkylation sites (tertiary alicyclic amines) is 2. The van der Waals surface area contributed by atoms with Crippen molar-refractivity contribution >= 4 is 17.9 Å². The number of rotatable bonds is 2. The quantitative estimate of drug-likeness (QED) is 0.598. The molecule has 4 N–H and O–H groups in total. The maximum absolute atomic E-state index is 12.4. The molecule has 8 heteroatoms. The molecule has 2 aliphatic rings. The summed E-state index contributed by atoms with van der Waals surface area (Å²) in [4.78, 5) is 37.5. The Morgan fingerprint density at radius 1 is 1.10 bits per heavy atom. The van der Waals surface area contributed by atoms with Crippen molar-refractivity contribution < 1.29 is 24.6 Å². The number of aliphatic hydroxyl groups excluding tert-OH is 1. The summed E-state index contributed by atoms with van der Waals surface area (Å²) in [6.45, 7) is 0.350. The molecule has 3 amide bonds. The average molecular weight is 285 g/mol. The summed E-state index contributed by atoms with van der Waals surface area (Å²) in [5, 5.41) is 18.7. The third kappa shape index (κ3) is 2.69. The van der Waals surface area contributed by atoms with E-state index in [1.807, 2.05) is 0 Å². The molecule has 2 saturated heterocycles. The van der Waals surface area contributed by atoms with Crippen molar-refractivity contribution in [2.24, 2.45) is 5.73 Å². The summed E-state index contributed by atoms with van der Waals surface area (Å²) < 4.78 is 0. The zero-order valence-corrected chi connectivity index (χ0v) is 11.1. The molecular weight excluding hydrogens is 266 g/mol. The molecule has 2 heterocycles. The summed E-state index contributed by atoms with van der Waals surface area (Å²) in [6, 6.07) is -2.27. The van der Waals surface area contributed by atoms with Crippen LogP contribution >= 0.6 is 0 Å². The van der Waals surface area contributed by atoms with Crippen LogP contribution in [-0.4, -0.2) is 69.2 Å². The predicted molar refractivity (Wildman–Crippen MR) is 67.7 cm³/mol. The van der Waals surface area contributed by atoms with Crippen molar-refractivity contribution in [3.05, 3.63) is 0 Å². The van der Waals surface area contributed by atoms with E-state index in [9.17, 15) is 19.5 Å². The number of amides is 3. The van der Waals surface area contributed by atoms with Gasteiger partial charge in [0.25, 0.3) is 0 Å². The minimum atomic E-state index is -1.15. The first-order valence-corrected chi connectivity index (χ1v) is 6.69. The van der Waals surface area contributed by atoms with Gasteiger partial charge in [0, 0.05) is 19.5 Å². The van der Waals surface area contributed by atoms with Gasteiger partial charge in [0.15, 0.2) is 0 Å². The van der Waals surface area contributed by atoms with Crippen LogP contribution in [0.25, 0.3) is 0 Å². The maximum atomic E-state index is 12.4. The Hall–Kier alpha value is -1.83. The van der Waals surface area contributed by atoms with Gasteiger partial charge in [-0.25, -0.2) is 9.59 Å². The van der Waals surface area contributed by atoms with Gasteiger partial charge in [0.05, 0.1) is 6.10 Å². The molecule has 0 aromatic rings. The Bertz CT molecular complexity index is 407. The van der Waals surface area contributed by atoms with Crippen LogP contribution in [0.5, 0.6) is 0 Å². The summed E-state index contributed by atoms with van der Waals surface area (Å²) in [5.74, 6) is -1.73. The van der Waals surface area contributed by atoms with Crippen LogP contribution in [-0.2, 0) is 9.59 Å². The fourth-order valence-corrected chi connectivity index (χ4v) is 2.88. The molecule has 8 nitrogen and oxygen atoms in total. The molecular formula is C12H19N3O5. The number of β-amino-alcohol motifs (C(OH)–C–C–N with tert-alkyl or cyclic N) is 1.